The predicted octanol–water partition coefficient (Wildman–Crippen LogP) is 6.32. The molecule has 0 N–H and O–H groups in total. The standard InChI is InChI=1S/C38H28O4P2.Ru/c1-5-13-27(14-6-1)43(28-15-7-2-8-16-28)33-23-21-31-37(41-25-39-31)35(33)36-34(24-22-32-38(36)42-26-40-32)44(29-17-9-3-10-18-29)30-19-11-4-12-20-30;/h1-24H,25-26H2;. The van der Waals surface area contributed by atoms with E-state index in [9.17, 15) is 0 Å². The molecular formula is C38H28O4P2Ru. The van der Waals surface area contributed by atoms with Gasteiger partial charge in [-0.05, 0) is 71.9 Å². The van der Waals surface area contributed by atoms with E-state index in [-0.39, 0.29) is 33.1 Å². The molecule has 6 aromatic rings. The van der Waals surface area contributed by atoms with Crippen LogP contribution in [0, 0.1) is 0 Å². The van der Waals surface area contributed by atoms with Crippen LogP contribution in [0.3, 0.4) is 0 Å². The van der Waals surface area contributed by atoms with Gasteiger partial charge in [0.2, 0.25) is 13.6 Å². The molecule has 0 atom stereocenters. The summed E-state index contributed by atoms with van der Waals surface area (Å²) in [5.41, 5.74) is 2.02. The first-order valence-electron chi connectivity index (χ1n) is 14.5. The number of hydrogen-bond donors (Lipinski definition) is 0. The van der Waals surface area contributed by atoms with Gasteiger partial charge >= 0.3 is 0 Å². The van der Waals surface area contributed by atoms with Crippen molar-refractivity contribution in [1.29, 1.82) is 0 Å². The van der Waals surface area contributed by atoms with Gasteiger partial charge < -0.3 is 18.9 Å². The average molecular weight is 712 g/mol. The molecule has 2 aliphatic heterocycles. The largest absolute Gasteiger partial charge is 0.454 e. The summed E-state index contributed by atoms with van der Waals surface area (Å²) in [4.78, 5) is 0. The summed E-state index contributed by atoms with van der Waals surface area (Å²) in [6.45, 7) is 0.350. The maximum atomic E-state index is 6.35. The zero-order valence-electron chi connectivity index (χ0n) is 24.2. The molecule has 0 fully saturated rings. The van der Waals surface area contributed by atoms with Crippen molar-refractivity contribution in [3.8, 4) is 34.1 Å². The summed E-state index contributed by atoms with van der Waals surface area (Å²) < 4.78 is 24.7. The first-order valence-corrected chi connectivity index (χ1v) is 17.2. The first-order chi connectivity index (χ1) is 21.9. The molecule has 2 aliphatic rings. The van der Waals surface area contributed by atoms with Crippen molar-refractivity contribution in [2.45, 2.75) is 0 Å². The molecule has 0 amide bonds. The molecule has 4 nitrogen and oxygen atoms in total. The second-order valence-electron chi connectivity index (χ2n) is 10.4. The molecule has 7 heteroatoms. The van der Waals surface area contributed by atoms with Crippen LogP contribution in [0.2, 0.25) is 0 Å². The Morgan fingerprint density at radius 1 is 0.356 bits per heavy atom. The van der Waals surface area contributed by atoms with E-state index in [0.717, 1.165) is 34.1 Å². The van der Waals surface area contributed by atoms with E-state index in [1.54, 1.807) is 0 Å². The van der Waals surface area contributed by atoms with Gasteiger partial charge in [0.05, 0.1) is 0 Å². The third-order valence-electron chi connectivity index (χ3n) is 7.82. The van der Waals surface area contributed by atoms with Gasteiger partial charge in [-0.25, -0.2) is 0 Å². The molecule has 2 heterocycles. The minimum absolute atomic E-state index is 0. The van der Waals surface area contributed by atoms with Crippen LogP contribution in [-0.2, 0) is 19.5 Å². The second kappa shape index (κ2) is 13.2. The maximum Gasteiger partial charge on any atom is 0.231 e. The van der Waals surface area contributed by atoms with Crippen molar-refractivity contribution in [3.05, 3.63) is 146 Å². The summed E-state index contributed by atoms with van der Waals surface area (Å²) in [6, 6.07) is 51.6. The van der Waals surface area contributed by atoms with E-state index in [2.05, 4.69) is 146 Å². The van der Waals surface area contributed by atoms with Gasteiger partial charge in [-0.15, -0.1) is 0 Å². The Morgan fingerprint density at radius 2 is 0.667 bits per heavy atom. The van der Waals surface area contributed by atoms with Crippen molar-refractivity contribution in [2.24, 2.45) is 0 Å². The van der Waals surface area contributed by atoms with E-state index in [1.165, 1.54) is 31.8 Å². The summed E-state index contributed by atoms with van der Waals surface area (Å²) in [5, 5.41) is 7.40. The smallest absolute Gasteiger partial charge is 0.231 e. The molecule has 0 aromatic heterocycles. The molecular weight excluding hydrogens is 683 g/mol. The fourth-order valence-corrected chi connectivity index (χ4v) is 10.9. The minimum atomic E-state index is -0.968. The Hall–Kier alpha value is -4.00. The Bertz CT molecular complexity index is 1700. The van der Waals surface area contributed by atoms with E-state index in [4.69, 9.17) is 18.9 Å². The number of fused-ring (bicyclic) bond motifs is 2. The van der Waals surface area contributed by atoms with Gasteiger partial charge in [0.15, 0.2) is 23.0 Å². The van der Waals surface area contributed by atoms with E-state index < -0.39 is 15.8 Å². The van der Waals surface area contributed by atoms with Crippen LogP contribution >= 0.6 is 15.8 Å². The van der Waals surface area contributed by atoms with Gasteiger partial charge in [0.25, 0.3) is 0 Å². The maximum absolute atomic E-state index is 6.35. The number of ether oxygens (including phenoxy) is 4. The number of benzene rings is 6. The normalized spacial score (nSPS) is 12.8. The Labute approximate surface area is 278 Å². The zero-order chi connectivity index (χ0) is 29.3. The van der Waals surface area contributed by atoms with Gasteiger partial charge in [-0.1, -0.05) is 121 Å². The molecule has 0 aliphatic carbocycles. The Morgan fingerprint density at radius 3 is 0.978 bits per heavy atom. The molecule has 0 spiro atoms. The monoisotopic (exact) mass is 712 g/mol. The summed E-state index contributed by atoms with van der Waals surface area (Å²) in [7, 11) is -1.94. The SMILES string of the molecule is [Ru].c1ccc(P(c2ccccc2)c2ccc3c(c2-c2c(P(c4ccccc4)c4ccccc4)ccc4c2OCO4)OCO3)cc1. The molecule has 222 valence electrons. The van der Waals surface area contributed by atoms with Gasteiger partial charge in [0, 0.05) is 30.6 Å². The molecule has 0 saturated carbocycles. The fraction of sp³-hybridized carbons (Fsp3) is 0.0526. The van der Waals surface area contributed by atoms with Crippen LogP contribution in [0.25, 0.3) is 11.1 Å². The Kier molecular flexibility index (Phi) is 8.69. The number of hydrogen-bond acceptors (Lipinski definition) is 4. The van der Waals surface area contributed by atoms with Crippen molar-refractivity contribution in [3.63, 3.8) is 0 Å². The molecule has 8 rings (SSSR count). The summed E-state index contributed by atoms with van der Waals surface area (Å²) >= 11 is 0. The van der Waals surface area contributed by atoms with E-state index in [1.807, 2.05) is 0 Å². The molecule has 45 heavy (non-hydrogen) atoms. The number of rotatable bonds is 7. The molecule has 0 radical (unpaired) electrons. The molecule has 0 bridgehead atoms. The van der Waals surface area contributed by atoms with Crippen LogP contribution < -0.4 is 50.8 Å². The molecule has 0 unspecified atom stereocenters. The quantitative estimate of drug-likeness (QED) is 0.144. The molecule has 0 saturated heterocycles. The van der Waals surface area contributed by atoms with Gasteiger partial charge in [-0.3, -0.25) is 0 Å². The van der Waals surface area contributed by atoms with Crippen molar-refractivity contribution >= 4 is 47.7 Å². The van der Waals surface area contributed by atoms with E-state index >= 15 is 0 Å². The summed E-state index contributed by atoms with van der Waals surface area (Å²) in [5.74, 6) is 2.99. The predicted molar refractivity (Wildman–Crippen MR) is 182 cm³/mol. The first kappa shape index (κ1) is 29.7. The third-order valence-corrected chi connectivity index (χ3v) is 12.8. The minimum Gasteiger partial charge on any atom is -0.454 e. The van der Waals surface area contributed by atoms with Gasteiger partial charge in [0.1, 0.15) is 0 Å². The Balaban J connectivity index is 0.00000325. The van der Waals surface area contributed by atoms with Crippen LogP contribution in [0.1, 0.15) is 0 Å². The van der Waals surface area contributed by atoms with Crippen molar-refractivity contribution in [1.82, 2.24) is 0 Å². The summed E-state index contributed by atoms with van der Waals surface area (Å²) in [6.07, 6.45) is 0. The second-order valence-corrected chi connectivity index (χ2v) is 14.8. The average Bonchev–Trinajstić information content (AvgIpc) is 3.77. The van der Waals surface area contributed by atoms with Crippen molar-refractivity contribution < 1.29 is 38.4 Å². The van der Waals surface area contributed by atoms with Crippen molar-refractivity contribution in [2.75, 3.05) is 13.6 Å². The van der Waals surface area contributed by atoms with Gasteiger partial charge in [-0.2, -0.15) is 0 Å². The van der Waals surface area contributed by atoms with Crippen LogP contribution in [0.5, 0.6) is 23.0 Å². The molecule has 6 aromatic carbocycles. The zero-order valence-corrected chi connectivity index (χ0v) is 27.7. The van der Waals surface area contributed by atoms with Crippen LogP contribution in [0.15, 0.2) is 146 Å². The fourth-order valence-electron chi connectivity index (χ4n) is 5.94. The van der Waals surface area contributed by atoms with Crippen LogP contribution in [0.4, 0.5) is 0 Å². The third kappa shape index (κ3) is 5.55. The topological polar surface area (TPSA) is 36.9 Å². The van der Waals surface area contributed by atoms with Crippen LogP contribution in [-0.4, -0.2) is 13.6 Å². The van der Waals surface area contributed by atoms with E-state index in [0.29, 0.717) is 0 Å².